The smallest absolute Gasteiger partial charge is 0.261 e. The average Bonchev–Trinajstić information content (AvgIpc) is 2.75. The summed E-state index contributed by atoms with van der Waals surface area (Å²) in [6, 6.07) is 14.6. The Morgan fingerprint density at radius 1 is 0.871 bits per heavy atom. The summed E-state index contributed by atoms with van der Waals surface area (Å²) < 4.78 is 40.6. The van der Waals surface area contributed by atoms with Gasteiger partial charge in [-0.05, 0) is 66.7 Å². The van der Waals surface area contributed by atoms with Crippen LogP contribution in [0.1, 0.15) is 20.7 Å². The molecule has 0 radical (unpaired) electrons. The third-order valence-electron chi connectivity index (χ3n) is 4.22. The number of carbonyl (C=O) groups is 2. The van der Waals surface area contributed by atoms with Gasteiger partial charge in [0.05, 0.1) is 15.5 Å². The van der Waals surface area contributed by atoms with Crippen LogP contribution in [0.2, 0.25) is 5.02 Å². The molecule has 0 bridgehead atoms. The minimum Gasteiger partial charge on any atom is -0.355 e. The number of nitrogens with one attached hydrogen (secondary N) is 3. The molecule has 0 fully saturated rings. The third-order valence-corrected chi connectivity index (χ3v) is 5.93. The molecule has 0 unspecified atom stereocenters. The molecule has 0 aliphatic heterocycles. The molecular weight excluding hydrogens is 445 g/mol. The van der Waals surface area contributed by atoms with Crippen molar-refractivity contribution in [2.75, 3.05) is 17.1 Å². The van der Waals surface area contributed by atoms with Crippen LogP contribution in [0, 0.1) is 5.82 Å². The maximum absolute atomic E-state index is 13.0. The van der Waals surface area contributed by atoms with Crippen LogP contribution in [0.4, 0.5) is 15.8 Å². The molecular formula is C21H17ClFN3O4S. The van der Waals surface area contributed by atoms with Crippen LogP contribution in [0.5, 0.6) is 0 Å². The maximum atomic E-state index is 13.0. The SMILES string of the molecule is CNC(=O)c1ccc(NC(=O)c2cc(S(=O)(=O)Nc3ccc(F)cc3)ccc2Cl)cc1. The van der Waals surface area contributed by atoms with Crippen molar-refractivity contribution in [1.29, 1.82) is 0 Å². The summed E-state index contributed by atoms with van der Waals surface area (Å²) in [7, 11) is -2.54. The first-order valence-electron chi connectivity index (χ1n) is 8.91. The summed E-state index contributed by atoms with van der Waals surface area (Å²) in [6.07, 6.45) is 0. The van der Waals surface area contributed by atoms with Gasteiger partial charge >= 0.3 is 0 Å². The number of hydrogen-bond acceptors (Lipinski definition) is 4. The number of anilines is 2. The van der Waals surface area contributed by atoms with Gasteiger partial charge in [0.2, 0.25) is 0 Å². The normalized spacial score (nSPS) is 10.9. The zero-order valence-corrected chi connectivity index (χ0v) is 17.7. The summed E-state index contributed by atoms with van der Waals surface area (Å²) in [5.41, 5.74) is 0.919. The molecule has 3 aromatic rings. The molecule has 10 heteroatoms. The quantitative estimate of drug-likeness (QED) is 0.518. The van der Waals surface area contributed by atoms with E-state index in [0.29, 0.717) is 11.3 Å². The topological polar surface area (TPSA) is 104 Å². The van der Waals surface area contributed by atoms with Gasteiger partial charge in [0, 0.05) is 24.0 Å². The first-order chi connectivity index (χ1) is 14.7. The largest absolute Gasteiger partial charge is 0.355 e. The number of rotatable bonds is 6. The first kappa shape index (κ1) is 22.3. The Bertz CT molecular complexity index is 1230. The molecule has 0 aliphatic carbocycles. The number of amides is 2. The van der Waals surface area contributed by atoms with Crippen molar-refractivity contribution in [2.24, 2.45) is 0 Å². The third kappa shape index (κ3) is 5.39. The van der Waals surface area contributed by atoms with Gasteiger partial charge in [-0.3, -0.25) is 14.3 Å². The monoisotopic (exact) mass is 461 g/mol. The minimum atomic E-state index is -4.05. The van der Waals surface area contributed by atoms with Crippen molar-refractivity contribution < 1.29 is 22.4 Å². The highest BCUT2D eigenvalue weighted by Crippen LogP contribution is 2.24. The summed E-state index contributed by atoms with van der Waals surface area (Å²) in [5.74, 6) is -1.40. The molecule has 3 N–H and O–H groups in total. The van der Waals surface area contributed by atoms with Crippen LogP contribution in [-0.4, -0.2) is 27.3 Å². The number of benzene rings is 3. The van der Waals surface area contributed by atoms with Gasteiger partial charge in [-0.2, -0.15) is 0 Å². The fraction of sp³-hybridized carbons (Fsp3) is 0.0476. The van der Waals surface area contributed by atoms with E-state index >= 15 is 0 Å². The number of halogens is 2. The van der Waals surface area contributed by atoms with Crippen LogP contribution < -0.4 is 15.4 Å². The van der Waals surface area contributed by atoms with Crippen LogP contribution in [0.25, 0.3) is 0 Å². The van der Waals surface area contributed by atoms with Gasteiger partial charge in [-0.15, -0.1) is 0 Å². The molecule has 0 saturated carbocycles. The van der Waals surface area contributed by atoms with Gasteiger partial charge < -0.3 is 10.6 Å². The summed E-state index contributed by atoms with van der Waals surface area (Å²) >= 11 is 6.10. The lowest BCUT2D eigenvalue weighted by Gasteiger charge is -2.11. The van der Waals surface area contributed by atoms with Crippen molar-refractivity contribution in [3.63, 3.8) is 0 Å². The van der Waals surface area contributed by atoms with Gasteiger partial charge in [-0.25, -0.2) is 12.8 Å². The highest BCUT2D eigenvalue weighted by atomic mass is 35.5. The van der Waals surface area contributed by atoms with E-state index in [0.717, 1.165) is 18.2 Å². The predicted octanol–water partition coefficient (Wildman–Crippen LogP) is 3.89. The van der Waals surface area contributed by atoms with E-state index in [2.05, 4.69) is 15.4 Å². The Balaban J connectivity index is 1.82. The second-order valence-electron chi connectivity index (χ2n) is 6.36. The molecule has 160 valence electrons. The zero-order chi connectivity index (χ0) is 22.6. The van der Waals surface area contributed by atoms with E-state index in [1.165, 1.54) is 55.6 Å². The van der Waals surface area contributed by atoms with Crippen molar-refractivity contribution >= 4 is 44.8 Å². The lowest BCUT2D eigenvalue weighted by atomic mass is 10.1. The molecule has 31 heavy (non-hydrogen) atoms. The molecule has 7 nitrogen and oxygen atoms in total. The van der Waals surface area contributed by atoms with E-state index in [1.807, 2.05) is 0 Å². The van der Waals surface area contributed by atoms with Crippen LogP contribution >= 0.6 is 11.6 Å². The van der Waals surface area contributed by atoms with Crippen LogP contribution in [0.3, 0.4) is 0 Å². The second-order valence-corrected chi connectivity index (χ2v) is 8.45. The average molecular weight is 462 g/mol. The van der Waals surface area contributed by atoms with Crippen LogP contribution in [0.15, 0.2) is 71.6 Å². The molecule has 0 saturated heterocycles. The lowest BCUT2D eigenvalue weighted by Crippen LogP contribution is -2.18. The van der Waals surface area contributed by atoms with Gasteiger partial charge in [0.25, 0.3) is 21.8 Å². The summed E-state index contributed by atoms with van der Waals surface area (Å²) in [6.45, 7) is 0. The molecule has 3 rings (SSSR count). The van der Waals surface area contributed by atoms with E-state index in [4.69, 9.17) is 11.6 Å². The second kappa shape index (κ2) is 9.15. The molecule has 0 atom stereocenters. The van der Waals surface area contributed by atoms with Crippen LogP contribution in [-0.2, 0) is 10.0 Å². The van der Waals surface area contributed by atoms with E-state index in [9.17, 15) is 22.4 Å². The van der Waals surface area contributed by atoms with Crippen molar-refractivity contribution in [3.8, 4) is 0 Å². The molecule has 2 amide bonds. The van der Waals surface area contributed by atoms with Gasteiger partial charge in [0.1, 0.15) is 5.82 Å². The Labute approximate surface area is 183 Å². The van der Waals surface area contributed by atoms with Gasteiger partial charge in [-0.1, -0.05) is 11.6 Å². The lowest BCUT2D eigenvalue weighted by molar-refractivity contribution is 0.0962. The van der Waals surface area contributed by atoms with Crippen molar-refractivity contribution in [2.45, 2.75) is 4.90 Å². The van der Waals surface area contributed by atoms with Gasteiger partial charge in [0.15, 0.2) is 0 Å². The fourth-order valence-corrected chi connectivity index (χ4v) is 3.91. The van der Waals surface area contributed by atoms with E-state index < -0.39 is 21.7 Å². The number of hydrogen-bond donors (Lipinski definition) is 3. The summed E-state index contributed by atoms with van der Waals surface area (Å²) in [5, 5.41) is 5.15. The molecule has 0 heterocycles. The first-order valence-corrected chi connectivity index (χ1v) is 10.8. The molecule has 3 aromatic carbocycles. The highest BCUT2D eigenvalue weighted by Gasteiger charge is 2.19. The Morgan fingerprint density at radius 3 is 2.10 bits per heavy atom. The van der Waals surface area contributed by atoms with Crippen molar-refractivity contribution in [3.05, 3.63) is 88.7 Å². The Kier molecular flexibility index (Phi) is 6.57. The molecule has 0 spiro atoms. The summed E-state index contributed by atoms with van der Waals surface area (Å²) in [4.78, 5) is 24.1. The Morgan fingerprint density at radius 2 is 1.48 bits per heavy atom. The van der Waals surface area contributed by atoms with Crippen molar-refractivity contribution in [1.82, 2.24) is 5.32 Å². The Hall–Kier alpha value is -3.43. The predicted molar refractivity (Wildman–Crippen MR) is 116 cm³/mol. The zero-order valence-electron chi connectivity index (χ0n) is 16.1. The van der Waals surface area contributed by atoms with E-state index in [-0.39, 0.29) is 27.1 Å². The maximum Gasteiger partial charge on any atom is 0.261 e. The van der Waals surface area contributed by atoms with E-state index in [1.54, 1.807) is 0 Å². The molecule has 0 aliphatic rings. The number of sulfonamides is 1. The minimum absolute atomic E-state index is 0.0558. The molecule has 0 aromatic heterocycles. The number of carbonyl (C=O) groups excluding carboxylic acids is 2. The fourth-order valence-electron chi connectivity index (χ4n) is 2.63. The standard InChI is InChI=1S/C21H17ClFN3O4S/c1-24-20(27)13-2-6-15(7-3-13)25-21(28)18-12-17(10-11-19(18)22)31(29,30)26-16-8-4-14(23)5-9-16/h2-12,26H,1H3,(H,24,27)(H,25,28). The highest BCUT2D eigenvalue weighted by molar-refractivity contribution is 7.92.